The zero-order valence-electron chi connectivity index (χ0n) is 12.4. The number of benzene rings is 1. The molecule has 1 aromatic carbocycles. The molecule has 3 aromatic rings. The minimum absolute atomic E-state index is 0.497. The number of aryl methyl sites for hydroxylation is 2. The molecule has 0 bridgehead atoms. The van der Waals surface area contributed by atoms with E-state index in [-0.39, 0.29) is 0 Å². The fourth-order valence-corrected chi connectivity index (χ4v) is 2.76. The van der Waals surface area contributed by atoms with Crippen molar-refractivity contribution < 1.29 is 5.11 Å². The molecule has 0 saturated heterocycles. The Bertz CT molecular complexity index is 744. The van der Waals surface area contributed by atoms with Crippen molar-refractivity contribution in [2.45, 2.75) is 32.4 Å². The molecule has 5 nitrogen and oxygen atoms in total. The second-order valence-corrected chi connectivity index (χ2v) is 5.32. The highest BCUT2D eigenvalue weighted by Crippen LogP contribution is 2.23. The molecule has 0 spiro atoms. The average Bonchev–Trinajstić information content (AvgIpc) is 3.06. The summed E-state index contributed by atoms with van der Waals surface area (Å²) in [4.78, 5) is 4.15. The normalized spacial score (nSPS) is 12.9. The number of aliphatic hydroxyl groups is 1. The van der Waals surface area contributed by atoms with Crippen LogP contribution in [0.15, 0.2) is 36.8 Å². The fraction of sp³-hybridized carbons (Fsp3) is 0.375. The molecule has 21 heavy (non-hydrogen) atoms. The molecule has 1 N–H and O–H groups in total. The van der Waals surface area contributed by atoms with E-state index in [9.17, 15) is 5.11 Å². The summed E-state index contributed by atoms with van der Waals surface area (Å²) in [6, 6.07) is 8.09. The van der Waals surface area contributed by atoms with Crippen molar-refractivity contribution in [3.8, 4) is 0 Å². The third-order valence-corrected chi connectivity index (χ3v) is 3.77. The van der Waals surface area contributed by atoms with E-state index in [0.29, 0.717) is 6.42 Å². The van der Waals surface area contributed by atoms with Crippen molar-refractivity contribution >= 4 is 10.9 Å². The zero-order valence-corrected chi connectivity index (χ0v) is 12.4. The summed E-state index contributed by atoms with van der Waals surface area (Å²) in [5, 5.41) is 16.2. The highest BCUT2D eigenvalue weighted by atomic mass is 16.3. The lowest BCUT2D eigenvalue weighted by Gasteiger charge is -2.12. The van der Waals surface area contributed by atoms with Crippen LogP contribution in [0.3, 0.4) is 0 Å². The monoisotopic (exact) mass is 284 g/mol. The molecule has 3 rings (SSSR count). The van der Waals surface area contributed by atoms with Gasteiger partial charge in [0.25, 0.3) is 0 Å². The van der Waals surface area contributed by atoms with Crippen molar-refractivity contribution in [2.24, 2.45) is 7.05 Å². The Hall–Kier alpha value is -2.14. The largest absolute Gasteiger partial charge is 0.386 e. The summed E-state index contributed by atoms with van der Waals surface area (Å²) in [5.74, 6) is 0. The van der Waals surface area contributed by atoms with Crippen molar-refractivity contribution in [1.29, 1.82) is 0 Å². The Morgan fingerprint density at radius 1 is 1.29 bits per heavy atom. The average molecular weight is 284 g/mol. The van der Waals surface area contributed by atoms with Crippen LogP contribution in [0.1, 0.15) is 30.8 Å². The standard InChI is InChI=1S/C16H20N4O/c1-3-8-20-11-17-10-15(20)16(21)9-13-12-6-4-5-7-14(12)19(2)18-13/h4-7,10-11,16,21H,3,8-9H2,1-2H3. The van der Waals surface area contributed by atoms with Gasteiger partial charge < -0.3 is 9.67 Å². The highest BCUT2D eigenvalue weighted by Gasteiger charge is 2.17. The number of para-hydroxylation sites is 1. The van der Waals surface area contributed by atoms with Crippen LogP contribution in [0, 0.1) is 0 Å². The minimum Gasteiger partial charge on any atom is -0.386 e. The van der Waals surface area contributed by atoms with Crippen LogP contribution < -0.4 is 0 Å². The van der Waals surface area contributed by atoms with Gasteiger partial charge in [0, 0.05) is 25.4 Å². The van der Waals surface area contributed by atoms with Gasteiger partial charge in [-0.15, -0.1) is 0 Å². The number of imidazole rings is 1. The third-order valence-electron chi connectivity index (χ3n) is 3.77. The van der Waals surface area contributed by atoms with E-state index in [4.69, 9.17) is 0 Å². The van der Waals surface area contributed by atoms with E-state index in [1.165, 1.54) is 0 Å². The predicted octanol–water partition coefficient (Wildman–Crippen LogP) is 2.46. The first-order valence-corrected chi connectivity index (χ1v) is 7.29. The molecule has 0 fully saturated rings. The number of aromatic nitrogens is 4. The summed E-state index contributed by atoms with van der Waals surface area (Å²) < 4.78 is 3.87. The van der Waals surface area contributed by atoms with Crippen molar-refractivity contribution in [3.63, 3.8) is 0 Å². The first kappa shape index (κ1) is 13.8. The predicted molar refractivity (Wildman–Crippen MR) is 81.9 cm³/mol. The summed E-state index contributed by atoms with van der Waals surface area (Å²) >= 11 is 0. The van der Waals surface area contributed by atoms with Crippen molar-refractivity contribution in [1.82, 2.24) is 19.3 Å². The lowest BCUT2D eigenvalue weighted by molar-refractivity contribution is 0.167. The minimum atomic E-state index is -0.586. The molecule has 1 unspecified atom stereocenters. The summed E-state index contributed by atoms with van der Waals surface area (Å²) in [5.41, 5.74) is 2.86. The Morgan fingerprint density at radius 2 is 2.10 bits per heavy atom. The van der Waals surface area contributed by atoms with Crippen LogP contribution >= 0.6 is 0 Å². The van der Waals surface area contributed by atoms with Crippen LogP contribution in [-0.4, -0.2) is 24.4 Å². The molecule has 0 aliphatic heterocycles. The molecule has 1 atom stereocenters. The van der Waals surface area contributed by atoms with Gasteiger partial charge in [0.2, 0.25) is 0 Å². The molecule has 0 aliphatic carbocycles. The van der Waals surface area contributed by atoms with Gasteiger partial charge in [0.15, 0.2) is 0 Å². The number of hydrogen-bond donors (Lipinski definition) is 1. The first-order chi connectivity index (χ1) is 10.2. The summed E-state index contributed by atoms with van der Waals surface area (Å²) in [6.07, 6.45) is 4.45. The molecule has 0 saturated carbocycles. The smallest absolute Gasteiger partial charge is 0.101 e. The maximum absolute atomic E-state index is 10.5. The first-order valence-electron chi connectivity index (χ1n) is 7.29. The number of nitrogens with zero attached hydrogens (tertiary/aromatic N) is 4. The topological polar surface area (TPSA) is 55.9 Å². The number of rotatable bonds is 5. The maximum Gasteiger partial charge on any atom is 0.101 e. The highest BCUT2D eigenvalue weighted by molar-refractivity contribution is 5.81. The van der Waals surface area contributed by atoms with Crippen LogP contribution in [0.4, 0.5) is 0 Å². The maximum atomic E-state index is 10.5. The molecule has 5 heteroatoms. The SMILES string of the molecule is CCCn1cncc1C(O)Cc1nn(C)c2ccccc12. The van der Waals surface area contributed by atoms with E-state index in [2.05, 4.69) is 17.0 Å². The zero-order chi connectivity index (χ0) is 14.8. The second-order valence-electron chi connectivity index (χ2n) is 5.32. The molecule has 0 radical (unpaired) electrons. The van der Waals surface area contributed by atoms with Gasteiger partial charge in [-0.25, -0.2) is 4.98 Å². The van der Waals surface area contributed by atoms with Crippen LogP contribution in [-0.2, 0) is 20.0 Å². The van der Waals surface area contributed by atoms with Gasteiger partial charge in [0.1, 0.15) is 6.10 Å². The summed E-state index contributed by atoms with van der Waals surface area (Å²) in [6.45, 7) is 2.98. The second kappa shape index (κ2) is 5.69. The van der Waals surface area contributed by atoms with E-state index < -0.39 is 6.10 Å². The number of hydrogen-bond acceptors (Lipinski definition) is 3. The quantitative estimate of drug-likeness (QED) is 0.783. The Labute approximate surface area is 123 Å². The van der Waals surface area contributed by atoms with Gasteiger partial charge in [-0.2, -0.15) is 5.10 Å². The molecule has 2 heterocycles. The Kier molecular flexibility index (Phi) is 3.75. The van der Waals surface area contributed by atoms with E-state index in [1.807, 2.05) is 40.6 Å². The lowest BCUT2D eigenvalue weighted by atomic mass is 10.1. The van der Waals surface area contributed by atoms with Gasteiger partial charge in [-0.3, -0.25) is 4.68 Å². The van der Waals surface area contributed by atoms with Gasteiger partial charge in [-0.1, -0.05) is 25.1 Å². The van der Waals surface area contributed by atoms with Crippen molar-refractivity contribution in [2.75, 3.05) is 0 Å². The Morgan fingerprint density at radius 3 is 2.90 bits per heavy atom. The molecular weight excluding hydrogens is 264 g/mol. The van der Waals surface area contributed by atoms with Gasteiger partial charge in [0.05, 0.1) is 29.4 Å². The van der Waals surface area contributed by atoms with E-state index in [0.717, 1.165) is 35.3 Å². The van der Waals surface area contributed by atoms with Crippen LogP contribution in [0.25, 0.3) is 10.9 Å². The summed E-state index contributed by atoms with van der Waals surface area (Å²) in [7, 11) is 1.93. The number of fused-ring (bicyclic) bond motifs is 1. The van der Waals surface area contributed by atoms with E-state index >= 15 is 0 Å². The van der Waals surface area contributed by atoms with Gasteiger partial charge >= 0.3 is 0 Å². The van der Waals surface area contributed by atoms with Crippen molar-refractivity contribution in [3.05, 3.63) is 48.2 Å². The van der Waals surface area contributed by atoms with E-state index in [1.54, 1.807) is 12.5 Å². The third kappa shape index (κ3) is 2.56. The fourth-order valence-electron chi connectivity index (χ4n) is 2.76. The van der Waals surface area contributed by atoms with Gasteiger partial charge in [-0.05, 0) is 12.5 Å². The molecule has 2 aromatic heterocycles. The van der Waals surface area contributed by atoms with Crippen LogP contribution in [0.5, 0.6) is 0 Å². The lowest BCUT2D eigenvalue weighted by Crippen LogP contribution is -2.10. The molecule has 0 aliphatic rings. The van der Waals surface area contributed by atoms with Crippen LogP contribution in [0.2, 0.25) is 0 Å². The Balaban J connectivity index is 1.89. The molecular formula is C16H20N4O. The molecule has 0 amide bonds. The number of aliphatic hydroxyl groups excluding tert-OH is 1. The molecule has 110 valence electrons.